The van der Waals surface area contributed by atoms with Gasteiger partial charge < -0.3 is 40.0 Å². The van der Waals surface area contributed by atoms with Crippen molar-refractivity contribution in [2.75, 3.05) is 25.5 Å². The summed E-state index contributed by atoms with van der Waals surface area (Å²) in [4.78, 5) is 31.0. The fourth-order valence-electron chi connectivity index (χ4n) is 6.77. The number of fused-ring (bicyclic) bond motifs is 1. The lowest BCUT2D eigenvalue weighted by atomic mass is 9.91. The Hall–Kier alpha value is -5.95. The first kappa shape index (κ1) is 41.7. The SMILES string of the molecule is CNc1cncc(COc2cc(OCc3cccc(-c4cccc(-c5cn6cc(CNCCCC(=O)O)ccc6n5)c4C)c3C)c(Cl)cc2CNCCCC(=O)O)c1. The largest absolute Gasteiger partial charge is 0.488 e. The predicted molar refractivity (Wildman–Crippen MR) is 227 cm³/mol. The van der Waals surface area contributed by atoms with Crippen LogP contribution in [-0.4, -0.2) is 56.7 Å². The van der Waals surface area contributed by atoms with Crippen molar-refractivity contribution in [2.24, 2.45) is 0 Å². The van der Waals surface area contributed by atoms with Gasteiger partial charge in [-0.3, -0.25) is 14.6 Å². The number of carbonyl (C=O) groups is 2. The summed E-state index contributed by atoms with van der Waals surface area (Å²) < 4.78 is 14.7. The lowest BCUT2D eigenvalue weighted by molar-refractivity contribution is -0.138. The summed E-state index contributed by atoms with van der Waals surface area (Å²) in [7, 11) is 1.84. The predicted octanol–water partition coefficient (Wildman–Crippen LogP) is 8.44. The number of carboxylic acids is 2. The summed E-state index contributed by atoms with van der Waals surface area (Å²) in [6.45, 7) is 7.03. The van der Waals surface area contributed by atoms with E-state index >= 15 is 0 Å². The molecule has 0 aliphatic carbocycles. The lowest BCUT2D eigenvalue weighted by Crippen LogP contribution is -2.16. The van der Waals surface area contributed by atoms with E-state index in [-0.39, 0.29) is 26.1 Å². The van der Waals surface area contributed by atoms with Crippen molar-refractivity contribution in [2.45, 2.75) is 65.8 Å². The molecule has 0 fully saturated rings. The van der Waals surface area contributed by atoms with E-state index in [1.54, 1.807) is 12.4 Å². The molecule has 6 rings (SSSR count). The number of anilines is 1. The molecule has 13 heteroatoms. The molecule has 0 spiro atoms. The van der Waals surface area contributed by atoms with Crippen LogP contribution in [0.25, 0.3) is 28.0 Å². The van der Waals surface area contributed by atoms with Crippen LogP contribution in [0.2, 0.25) is 5.02 Å². The second-order valence-electron chi connectivity index (χ2n) is 14.1. The van der Waals surface area contributed by atoms with Gasteiger partial charge in [0.15, 0.2) is 0 Å². The van der Waals surface area contributed by atoms with Crippen LogP contribution in [0.15, 0.2) is 91.5 Å². The van der Waals surface area contributed by atoms with Gasteiger partial charge in [0, 0.05) is 80.5 Å². The van der Waals surface area contributed by atoms with Gasteiger partial charge in [-0.2, -0.15) is 0 Å². The second-order valence-corrected chi connectivity index (χ2v) is 14.6. The number of hydrogen-bond acceptors (Lipinski definition) is 9. The minimum atomic E-state index is -0.825. The molecule has 0 saturated heterocycles. The van der Waals surface area contributed by atoms with Crippen LogP contribution in [0, 0.1) is 13.8 Å². The highest BCUT2D eigenvalue weighted by molar-refractivity contribution is 6.32. The Kier molecular flexibility index (Phi) is 14.3. The Morgan fingerprint density at radius 1 is 0.741 bits per heavy atom. The first-order valence-electron chi connectivity index (χ1n) is 19.3. The van der Waals surface area contributed by atoms with E-state index in [9.17, 15) is 9.59 Å². The molecule has 6 aromatic rings. The first-order chi connectivity index (χ1) is 28.1. The average Bonchev–Trinajstić information content (AvgIpc) is 3.63. The Morgan fingerprint density at radius 3 is 2.17 bits per heavy atom. The highest BCUT2D eigenvalue weighted by Crippen LogP contribution is 2.37. The molecule has 0 amide bonds. The standard InChI is InChI=1S/C45H49ClN6O6/c1-29-33(28-58-42-20-41(57-27-32-18-35(47-3)24-50-22-32)34(19-39(42)46)23-49-17-7-13-45(55)56)8-4-9-36(29)37-10-5-11-38(30(37)2)40-26-52-25-31(14-15-43(52)51-40)21-48-16-6-12-44(53)54/h4-5,8-11,14-15,18-20,22,24-26,47-49H,6-7,12-13,16-17,21,23,27-28H2,1-3H3,(H,53,54)(H,55,56). The molecule has 58 heavy (non-hydrogen) atoms. The van der Waals surface area contributed by atoms with Crippen molar-refractivity contribution in [3.63, 3.8) is 0 Å². The number of rotatable bonds is 21. The summed E-state index contributed by atoms with van der Waals surface area (Å²) in [6, 6.07) is 22.2. The maximum Gasteiger partial charge on any atom is 0.303 e. The van der Waals surface area contributed by atoms with Crippen molar-refractivity contribution < 1.29 is 29.3 Å². The highest BCUT2D eigenvalue weighted by Gasteiger charge is 2.17. The summed E-state index contributed by atoms with van der Waals surface area (Å²) >= 11 is 6.82. The zero-order chi connectivity index (χ0) is 41.0. The van der Waals surface area contributed by atoms with Crippen LogP contribution < -0.4 is 25.4 Å². The third-order valence-corrected chi connectivity index (χ3v) is 10.3. The number of ether oxygens (including phenoxy) is 2. The molecule has 3 aromatic heterocycles. The van der Waals surface area contributed by atoms with E-state index in [1.807, 2.05) is 54.0 Å². The van der Waals surface area contributed by atoms with Gasteiger partial charge in [-0.25, -0.2) is 4.98 Å². The van der Waals surface area contributed by atoms with Crippen LogP contribution >= 0.6 is 11.6 Å². The van der Waals surface area contributed by atoms with Crippen molar-refractivity contribution >= 4 is 34.9 Å². The smallest absolute Gasteiger partial charge is 0.303 e. The van der Waals surface area contributed by atoms with E-state index in [1.165, 1.54) is 0 Å². The monoisotopic (exact) mass is 804 g/mol. The third kappa shape index (κ3) is 10.9. The Bertz CT molecular complexity index is 2380. The minimum Gasteiger partial charge on any atom is -0.488 e. The Labute approximate surface area is 343 Å². The third-order valence-electron chi connectivity index (χ3n) is 9.97. The highest BCUT2D eigenvalue weighted by atomic mass is 35.5. The van der Waals surface area contributed by atoms with E-state index in [0.29, 0.717) is 55.5 Å². The van der Waals surface area contributed by atoms with Crippen LogP contribution in [0.5, 0.6) is 11.5 Å². The van der Waals surface area contributed by atoms with Crippen LogP contribution in [-0.2, 0) is 35.9 Å². The molecule has 0 radical (unpaired) electrons. The lowest BCUT2D eigenvalue weighted by Gasteiger charge is -2.18. The Balaban J connectivity index is 1.18. The number of hydrogen-bond donors (Lipinski definition) is 5. The van der Waals surface area contributed by atoms with Crippen LogP contribution in [0.3, 0.4) is 0 Å². The summed E-state index contributed by atoms with van der Waals surface area (Å²) in [5, 5.41) is 28.1. The van der Waals surface area contributed by atoms with Crippen LogP contribution in [0.4, 0.5) is 5.69 Å². The number of benzene rings is 3. The van der Waals surface area contributed by atoms with Crippen LogP contribution in [0.1, 0.15) is 59.1 Å². The van der Waals surface area contributed by atoms with Gasteiger partial charge in [0.05, 0.1) is 16.4 Å². The molecule has 0 bridgehead atoms. The molecular formula is C45H49ClN6O6. The topological polar surface area (TPSA) is 159 Å². The van der Waals surface area contributed by atoms with Gasteiger partial charge >= 0.3 is 11.9 Å². The second kappa shape index (κ2) is 20.0. The number of carboxylic acid groups (broad SMARTS) is 2. The minimum absolute atomic E-state index is 0.0902. The number of nitrogens with zero attached hydrogens (tertiary/aromatic N) is 3. The molecule has 0 atom stereocenters. The molecule has 3 heterocycles. The molecule has 12 nitrogen and oxygen atoms in total. The molecule has 0 aliphatic heterocycles. The maximum atomic E-state index is 11.0. The zero-order valence-electron chi connectivity index (χ0n) is 33.0. The van der Waals surface area contributed by atoms with Gasteiger partial charge in [-0.1, -0.05) is 54.1 Å². The Morgan fingerprint density at radius 2 is 1.43 bits per heavy atom. The van der Waals surface area contributed by atoms with E-state index in [0.717, 1.165) is 67.1 Å². The molecular weight excluding hydrogens is 756 g/mol. The summed E-state index contributed by atoms with van der Waals surface area (Å²) in [5.74, 6) is -0.519. The van der Waals surface area contributed by atoms with Crippen molar-refractivity contribution in [1.29, 1.82) is 0 Å². The zero-order valence-corrected chi connectivity index (χ0v) is 33.7. The number of pyridine rings is 2. The van der Waals surface area contributed by atoms with E-state index in [2.05, 4.69) is 71.3 Å². The van der Waals surface area contributed by atoms with Gasteiger partial charge in [-0.05, 0) is 91.4 Å². The number of aliphatic carboxylic acids is 2. The molecule has 3 aromatic carbocycles. The molecule has 5 N–H and O–H groups in total. The summed E-state index contributed by atoms with van der Waals surface area (Å²) in [6.07, 6.45) is 8.94. The first-order valence-corrected chi connectivity index (χ1v) is 19.7. The number of aromatic nitrogens is 3. The maximum absolute atomic E-state index is 11.0. The van der Waals surface area contributed by atoms with Gasteiger partial charge in [0.25, 0.3) is 0 Å². The number of imidazole rings is 1. The number of halogens is 1. The number of nitrogens with one attached hydrogen (secondary N) is 3. The van der Waals surface area contributed by atoms with Gasteiger partial charge in [0.1, 0.15) is 30.4 Å². The average molecular weight is 805 g/mol. The van der Waals surface area contributed by atoms with E-state index in [4.69, 9.17) is 36.3 Å². The normalized spacial score (nSPS) is 11.2. The quantitative estimate of drug-likeness (QED) is 0.0445. The molecule has 0 unspecified atom stereocenters. The fourth-order valence-corrected chi connectivity index (χ4v) is 7.01. The van der Waals surface area contributed by atoms with Gasteiger partial charge in [0.2, 0.25) is 0 Å². The van der Waals surface area contributed by atoms with E-state index < -0.39 is 11.9 Å². The molecule has 302 valence electrons. The van der Waals surface area contributed by atoms with Crippen molar-refractivity contribution in [1.82, 2.24) is 25.0 Å². The molecule has 0 saturated carbocycles. The fraction of sp³-hybridized carbons (Fsp3) is 0.289. The van der Waals surface area contributed by atoms with Crippen molar-refractivity contribution in [3.05, 3.63) is 130 Å². The summed E-state index contributed by atoms with van der Waals surface area (Å²) in [5.41, 5.74) is 11.9. The molecule has 0 aliphatic rings. The van der Waals surface area contributed by atoms with Crippen molar-refractivity contribution in [3.8, 4) is 33.9 Å². The van der Waals surface area contributed by atoms with Gasteiger partial charge in [-0.15, -0.1) is 0 Å².